The van der Waals surface area contributed by atoms with E-state index in [0.29, 0.717) is 0 Å². The van der Waals surface area contributed by atoms with Crippen molar-refractivity contribution in [2.24, 2.45) is 5.92 Å². The number of halogens is 3. The van der Waals surface area contributed by atoms with Crippen molar-refractivity contribution in [2.75, 3.05) is 19.0 Å². The molecule has 0 spiro atoms. The molecule has 2 N–H and O–H groups in total. The molecule has 0 bridgehead atoms. The van der Waals surface area contributed by atoms with E-state index in [1.54, 1.807) is 4.72 Å². The normalized spacial score (nSPS) is 13.1. The Labute approximate surface area is 147 Å². The van der Waals surface area contributed by atoms with Crippen molar-refractivity contribution in [3.8, 4) is 0 Å². The van der Waals surface area contributed by atoms with Gasteiger partial charge in [0.25, 0.3) is 0 Å². The minimum Gasteiger partial charge on any atom is -0.550 e. The van der Waals surface area contributed by atoms with Crippen LogP contribution in [0.4, 0.5) is 23.7 Å². The number of hydrogen-bond acceptors (Lipinski definition) is 6. The van der Waals surface area contributed by atoms with Gasteiger partial charge in [0.2, 0.25) is 10.0 Å². The highest BCUT2D eigenvalue weighted by molar-refractivity contribution is 7.89. The van der Waals surface area contributed by atoms with Crippen LogP contribution < -0.4 is 15.1 Å². The van der Waals surface area contributed by atoms with E-state index in [2.05, 4.69) is 10.1 Å². The van der Waals surface area contributed by atoms with Crippen LogP contribution in [0.15, 0.2) is 29.2 Å². The van der Waals surface area contributed by atoms with Crippen LogP contribution in [0.3, 0.4) is 0 Å². The molecule has 0 fully saturated rings. The molecular weight excluding hydrogens is 381 g/mol. The highest BCUT2D eigenvalue weighted by atomic mass is 32.2. The monoisotopic (exact) mass is 397 g/mol. The number of carbonyl (C=O) groups excluding carboxylic acids is 2. The van der Waals surface area contributed by atoms with Gasteiger partial charge in [-0.05, 0) is 37.1 Å². The fraction of sp³-hybridized carbons (Fsp3) is 0.429. The number of rotatable bonds is 8. The maximum absolute atomic E-state index is 12.9. The molecule has 0 aliphatic rings. The molecule has 1 aromatic rings. The van der Waals surface area contributed by atoms with Gasteiger partial charge >= 0.3 is 12.3 Å². The van der Waals surface area contributed by atoms with Crippen LogP contribution in [0.5, 0.6) is 0 Å². The number of sulfonamides is 1. The number of aliphatic carboxylic acids is 1. The number of carboxylic acid groups (broad SMARTS) is 1. The summed E-state index contributed by atoms with van der Waals surface area (Å²) in [7, 11) is -3.13. The number of methoxy groups -OCH3 is 1. The van der Waals surface area contributed by atoms with Gasteiger partial charge in [0.15, 0.2) is 0 Å². The molecule has 0 aliphatic carbocycles. The second-order valence-corrected chi connectivity index (χ2v) is 6.91. The summed E-state index contributed by atoms with van der Waals surface area (Å²) in [6, 6.07) is 4.61. The maximum Gasteiger partial charge on any atom is 0.411 e. The van der Waals surface area contributed by atoms with E-state index in [1.165, 1.54) is 12.1 Å². The molecule has 1 unspecified atom stereocenters. The lowest BCUT2D eigenvalue weighted by Crippen LogP contribution is -2.37. The number of anilines is 1. The molecular formula is C14H16F3N2O6S-. The van der Waals surface area contributed by atoms with Crippen LogP contribution >= 0.6 is 0 Å². The summed E-state index contributed by atoms with van der Waals surface area (Å²) in [4.78, 5) is 21.0. The van der Waals surface area contributed by atoms with Crippen molar-refractivity contribution in [3.63, 3.8) is 0 Å². The Morgan fingerprint density at radius 1 is 1.23 bits per heavy atom. The molecule has 12 heteroatoms. The lowest BCUT2D eigenvalue weighted by molar-refractivity contribution is -0.306. The van der Waals surface area contributed by atoms with E-state index in [4.69, 9.17) is 0 Å². The number of benzene rings is 1. The maximum atomic E-state index is 12.9. The quantitative estimate of drug-likeness (QED) is 0.670. The van der Waals surface area contributed by atoms with E-state index in [-0.39, 0.29) is 10.6 Å². The molecule has 1 aromatic carbocycles. The summed E-state index contributed by atoms with van der Waals surface area (Å²) in [6.45, 7) is -1.01. The first kappa shape index (κ1) is 21.7. The first-order valence-electron chi connectivity index (χ1n) is 7.17. The highest BCUT2D eigenvalue weighted by Crippen LogP contribution is 2.29. The number of ether oxygens (including phenoxy) is 1. The van der Waals surface area contributed by atoms with Gasteiger partial charge in [-0.15, -0.1) is 0 Å². The van der Waals surface area contributed by atoms with Crippen molar-refractivity contribution in [3.05, 3.63) is 24.3 Å². The summed E-state index contributed by atoms with van der Waals surface area (Å²) in [5.74, 6) is -3.83. The smallest absolute Gasteiger partial charge is 0.411 e. The second kappa shape index (κ2) is 8.85. The molecule has 146 valence electrons. The van der Waals surface area contributed by atoms with Crippen molar-refractivity contribution < 1.29 is 41.0 Å². The van der Waals surface area contributed by atoms with E-state index in [0.717, 1.165) is 19.2 Å². The fourth-order valence-corrected chi connectivity index (χ4v) is 2.94. The average Bonchev–Trinajstić information content (AvgIpc) is 2.53. The van der Waals surface area contributed by atoms with Gasteiger partial charge in [-0.3, -0.25) is 5.32 Å². The summed E-state index contributed by atoms with van der Waals surface area (Å²) < 4.78 is 68.9. The van der Waals surface area contributed by atoms with Crippen molar-refractivity contribution in [1.29, 1.82) is 0 Å². The standard InChI is InChI=1S/C14H17F3N2O6S/c1-25-13(22)19-10-3-5-11(6-4-10)26(23,24)18-8-9(14(15,16)17)2-7-12(20)21/h3-6,9,18H,2,7-8H2,1H3,(H,19,22)(H,20,21)/p-1. The molecule has 0 saturated carbocycles. The molecule has 8 nitrogen and oxygen atoms in total. The summed E-state index contributed by atoms with van der Waals surface area (Å²) in [6.07, 6.45) is -7.21. The van der Waals surface area contributed by atoms with Crippen LogP contribution in [0.25, 0.3) is 0 Å². The van der Waals surface area contributed by atoms with Gasteiger partial charge < -0.3 is 14.6 Å². The van der Waals surface area contributed by atoms with Gasteiger partial charge in [0.1, 0.15) is 0 Å². The minimum absolute atomic E-state index is 0.220. The number of alkyl halides is 3. The number of amides is 1. The molecule has 0 saturated heterocycles. The Balaban J connectivity index is 2.80. The Hall–Kier alpha value is -2.34. The van der Waals surface area contributed by atoms with E-state index >= 15 is 0 Å². The number of carboxylic acids is 1. The van der Waals surface area contributed by atoms with E-state index in [9.17, 15) is 36.3 Å². The summed E-state index contributed by atoms with van der Waals surface area (Å²) >= 11 is 0. The second-order valence-electron chi connectivity index (χ2n) is 5.14. The van der Waals surface area contributed by atoms with Gasteiger partial charge in [-0.25, -0.2) is 17.9 Å². The van der Waals surface area contributed by atoms with Crippen LogP contribution in [-0.4, -0.2) is 40.3 Å². The lowest BCUT2D eigenvalue weighted by Gasteiger charge is -2.21. The highest BCUT2D eigenvalue weighted by Gasteiger charge is 2.39. The van der Waals surface area contributed by atoms with E-state index in [1.807, 2.05) is 0 Å². The largest absolute Gasteiger partial charge is 0.550 e. The number of carbonyl (C=O) groups is 2. The Bertz CT molecular complexity index is 734. The van der Waals surface area contributed by atoms with Gasteiger partial charge in [0.05, 0.1) is 17.9 Å². The Morgan fingerprint density at radius 2 is 1.81 bits per heavy atom. The molecule has 1 amide bonds. The van der Waals surface area contributed by atoms with Crippen molar-refractivity contribution in [1.82, 2.24) is 4.72 Å². The van der Waals surface area contributed by atoms with E-state index < -0.39 is 53.6 Å². The molecule has 0 aromatic heterocycles. The third-order valence-electron chi connectivity index (χ3n) is 3.28. The zero-order chi connectivity index (χ0) is 20.0. The molecule has 26 heavy (non-hydrogen) atoms. The zero-order valence-electron chi connectivity index (χ0n) is 13.5. The SMILES string of the molecule is COC(=O)Nc1ccc(S(=O)(=O)NCC(CCC(=O)[O-])C(F)(F)F)cc1. The van der Waals surface area contributed by atoms with Gasteiger partial charge in [-0.2, -0.15) is 13.2 Å². The molecule has 1 rings (SSSR count). The first-order chi connectivity index (χ1) is 12.0. The number of nitrogens with one attached hydrogen (secondary N) is 2. The van der Waals surface area contributed by atoms with Crippen LogP contribution in [0.2, 0.25) is 0 Å². The van der Waals surface area contributed by atoms with Crippen LogP contribution in [0.1, 0.15) is 12.8 Å². The molecule has 0 heterocycles. The third kappa shape index (κ3) is 6.88. The molecule has 0 aliphatic heterocycles. The van der Waals surface area contributed by atoms with Gasteiger partial charge in [0, 0.05) is 18.2 Å². The first-order valence-corrected chi connectivity index (χ1v) is 8.65. The van der Waals surface area contributed by atoms with Crippen molar-refractivity contribution >= 4 is 27.8 Å². The predicted molar refractivity (Wildman–Crippen MR) is 81.4 cm³/mol. The summed E-state index contributed by atoms with van der Waals surface area (Å²) in [5.41, 5.74) is 0.220. The predicted octanol–water partition coefficient (Wildman–Crippen LogP) is 0.852. The van der Waals surface area contributed by atoms with Crippen LogP contribution in [0, 0.1) is 5.92 Å². The topological polar surface area (TPSA) is 125 Å². The van der Waals surface area contributed by atoms with Gasteiger partial charge in [-0.1, -0.05) is 0 Å². The van der Waals surface area contributed by atoms with Crippen LogP contribution in [-0.2, 0) is 19.6 Å². The summed E-state index contributed by atoms with van der Waals surface area (Å²) in [5, 5.41) is 12.6. The fourth-order valence-electron chi connectivity index (χ4n) is 1.85. The lowest BCUT2D eigenvalue weighted by atomic mass is 10.0. The zero-order valence-corrected chi connectivity index (χ0v) is 14.3. The molecule has 1 atom stereocenters. The number of hydrogen-bond donors (Lipinski definition) is 2. The third-order valence-corrected chi connectivity index (χ3v) is 4.72. The Morgan fingerprint density at radius 3 is 2.27 bits per heavy atom. The minimum atomic E-state index is -4.77. The Kier molecular flexibility index (Phi) is 7.39. The average molecular weight is 397 g/mol. The van der Waals surface area contributed by atoms with Crippen molar-refractivity contribution in [2.45, 2.75) is 23.9 Å². The molecule has 0 radical (unpaired) electrons.